The highest BCUT2D eigenvalue weighted by Gasteiger charge is 2.06. The van der Waals surface area contributed by atoms with Crippen molar-refractivity contribution in [1.82, 2.24) is 4.98 Å². The minimum absolute atomic E-state index is 0.0105. The molecule has 3 N–H and O–H groups in total. The van der Waals surface area contributed by atoms with Crippen molar-refractivity contribution in [2.24, 2.45) is 10.9 Å². The first-order valence-electron chi connectivity index (χ1n) is 5.97. The molecule has 0 bridgehead atoms. The molecule has 0 aliphatic heterocycles. The third-order valence-electron chi connectivity index (χ3n) is 2.97. The molecule has 0 unspecified atom stereocenters. The van der Waals surface area contributed by atoms with Gasteiger partial charge in [0.1, 0.15) is 11.4 Å². The van der Waals surface area contributed by atoms with Crippen LogP contribution in [0.3, 0.4) is 0 Å². The number of hydrogen-bond acceptors (Lipinski definition) is 5. The number of ether oxygens (including phenoxy) is 1. The second-order valence-corrected chi connectivity index (χ2v) is 4.14. The average Bonchev–Trinajstić information content (AvgIpc) is 2.53. The first kappa shape index (κ1) is 13.7. The number of nitrogens with zero attached hydrogens (tertiary/aromatic N) is 3. The van der Waals surface area contributed by atoms with E-state index in [1.807, 2.05) is 42.3 Å². The zero-order valence-electron chi connectivity index (χ0n) is 11.3. The molecule has 1 heterocycles. The summed E-state index contributed by atoms with van der Waals surface area (Å²) in [6.45, 7) is 0. The third kappa shape index (κ3) is 2.80. The minimum atomic E-state index is -0.0105. The Hall–Kier alpha value is -2.76. The number of aromatic nitrogens is 1. The standard InChI is InChI=1S/C14H16N4O2/c1-18(10-3-6-12(20-2)7-4-10)11-5-8-13(16-9-11)14(15)17-19/h3-9,19H,1-2H3,(H2,15,17). The smallest absolute Gasteiger partial charge is 0.188 e. The maximum absolute atomic E-state index is 8.59. The minimum Gasteiger partial charge on any atom is -0.497 e. The molecule has 104 valence electrons. The van der Waals surface area contributed by atoms with Crippen molar-refractivity contribution in [2.45, 2.75) is 0 Å². The second-order valence-electron chi connectivity index (χ2n) is 4.14. The van der Waals surface area contributed by atoms with E-state index in [4.69, 9.17) is 15.7 Å². The summed E-state index contributed by atoms with van der Waals surface area (Å²) >= 11 is 0. The summed E-state index contributed by atoms with van der Waals surface area (Å²) in [6.07, 6.45) is 1.66. The number of anilines is 2. The maximum atomic E-state index is 8.59. The van der Waals surface area contributed by atoms with E-state index >= 15 is 0 Å². The Balaban J connectivity index is 2.21. The van der Waals surface area contributed by atoms with E-state index in [2.05, 4.69) is 10.1 Å². The molecule has 0 spiro atoms. The van der Waals surface area contributed by atoms with Crippen LogP contribution in [0.25, 0.3) is 0 Å². The monoisotopic (exact) mass is 272 g/mol. The molecule has 0 saturated carbocycles. The van der Waals surface area contributed by atoms with Gasteiger partial charge in [0.25, 0.3) is 0 Å². The second kappa shape index (κ2) is 5.92. The number of hydrogen-bond donors (Lipinski definition) is 2. The number of methoxy groups -OCH3 is 1. The van der Waals surface area contributed by atoms with Crippen LogP contribution in [0.1, 0.15) is 5.69 Å². The summed E-state index contributed by atoms with van der Waals surface area (Å²) in [6, 6.07) is 11.2. The van der Waals surface area contributed by atoms with E-state index in [-0.39, 0.29) is 5.84 Å². The lowest BCUT2D eigenvalue weighted by molar-refractivity contribution is 0.318. The van der Waals surface area contributed by atoms with Crippen molar-refractivity contribution in [3.8, 4) is 5.75 Å². The first-order valence-corrected chi connectivity index (χ1v) is 5.97. The predicted octanol–water partition coefficient (Wildman–Crippen LogP) is 1.95. The topological polar surface area (TPSA) is 84.0 Å². The molecule has 1 aromatic carbocycles. The quantitative estimate of drug-likeness (QED) is 0.384. The van der Waals surface area contributed by atoms with Crippen LogP contribution in [0.4, 0.5) is 11.4 Å². The normalized spacial score (nSPS) is 11.2. The Bertz CT molecular complexity index is 594. The van der Waals surface area contributed by atoms with Crippen LogP contribution < -0.4 is 15.4 Å². The SMILES string of the molecule is COc1ccc(N(C)c2ccc(/C(N)=N/O)nc2)cc1. The molecule has 6 nitrogen and oxygen atoms in total. The summed E-state index contributed by atoms with van der Waals surface area (Å²) in [5.74, 6) is 0.797. The highest BCUT2D eigenvalue weighted by Crippen LogP contribution is 2.24. The van der Waals surface area contributed by atoms with E-state index < -0.39 is 0 Å². The molecule has 2 rings (SSSR count). The lowest BCUT2D eigenvalue weighted by Crippen LogP contribution is -2.16. The van der Waals surface area contributed by atoms with E-state index in [0.29, 0.717) is 5.69 Å². The summed E-state index contributed by atoms with van der Waals surface area (Å²) in [7, 11) is 3.57. The van der Waals surface area contributed by atoms with Gasteiger partial charge in [-0.2, -0.15) is 0 Å². The van der Waals surface area contributed by atoms with Crippen molar-refractivity contribution in [2.75, 3.05) is 19.1 Å². The average molecular weight is 272 g/mol. The highest BCUT2D eigenvalue weighted by molar-refractivity contribution is 5.95. The van der Waals surface area contributed by atoms with Crippen LogP contribution in [0.15, 0.2) is 47.8 Å². The van der Waals surface area contributed by atoms with E-state index in [1.165, 1.54) is 0 Å². The van der Waals surface area contributed by atoms with Crippen LogP contribution in [-0.4, -0.2) is 30.2 Å². The van der Waals surface area contributed by atoms with Crippen molar-refractivity contribution in [1.29, 1.82) is 0 Å². The molecule has 6 heteroatoms. The number of pyridine rings is 1. The number of benzene rings is 1. The fraction of sp³-hybridized carbons (Fsp3) is 0.143. The summed E-state index contributed by atoms with van der Waals surface area (Å²) in [5.41, 5.74) is 7.80. The molecule has 0 fully saturated rings. The Morgan fingerprint density at radius 1 is 1.20 bits per heavy atom. The van der Waals surface area contributed by atoms with Gasteiger partial charge in [-0.05, 0) is 36.4 Å². The summed E-state index contributed by atoms with van der Waals surface area (Å²) < 4.78 is 5.13. The zero-order valence-corrected chi connectivity index (χ0v) is 11.3. The predicted molar refractivity (Wildman–Crippen MR) is 77.8 cm³/mol. The number of oxime groups is 1. The number of amidine groups is 1. The van der Waals surface area contributed by atoms with Gasteiger partial charge in [0, 0.05) is 12.7 Å². The van der Waals surface area contributed by atoms with Crippen molar-refractivity contribution in [3.63, 3.8) is 0 Å². The van der Waals surface area contributed by atoms with Gasteiger partial charge in [-0.25, -0.2) is 0 Å². The lowest BCUT2D eigenvalue weighted by atomic mass is 10.2. The largest absolute Gasteiger partial charge is 0.497 e. The van der Waals surface area contributed by atoms with Crippen LogP contribution in [0.5, 0.6) is 5.75 Å². The molecule has 20 heavy (non-hydrogen) atoms. The zero-order chi connectivity index (χ0) is 14.5. The lowest BCUT2D eigenvalue weighted by Gasteiger charge is -2.19. The Labute approximate surface area is 117 Å². The van der Waals surface area contributed by atoms with Crippen molar-refractivity contribution < 1.29 is 9.94 Å². The van der Waals surface area contributed by atoms with Crippen LogP contribution in [-0.2, 0) is 0 Å². The molecule has 0 aliphatic rings. The van der Waals surface area contributed by atoms with Gasteiger partial charge in [0.2, 0.25) is 0 Å². The molecule has 0 aliphatic carbocycles. The Morgan fingerprint density at radius 3 is 2.35 bits per heavy atom. The van der Waals surface area contributed by atoms with E-state index in [1.54, 1.807) is 19.4 Å². The molecule has 0 amide bonds. The fourth-order valence-corrected chi connectivity index (χ4v) is 1.74. The molecule has 0 atom stereocenters. The number of nitrogens with two attached hydrogens (primary N) is 1. The van der Waals surface area contributed by atoms with Gasteiger partial charge < -0.3 is 20.6 Å². The van der Waals surface area contributed by atoms with Crippen LogP contribution in [0.2, 0.25) is 0 Å². The van der Waals surface area contributed by atoms with Crippen molar-refractivity contribution in [3.05, 3.63) is 48.3 Å². The van der Waals surface area contributed by atoms with Gasteiger partial charge in [-0.1, -0.05) is 5.16 Å². The molecule has 1 aromatic heterocycles. The van der Waals surface area contributed by atoms with Gasteiger partial charge in [-0.15, -0.1) is 0 Å². The van der Waals surface area contributed by atoms with Gasteiger partial charge >= 0.3 is 0 Å². The summed E-state index contributed by atoms with van der Waals surface area (Å²) in [5, 5.41) is 11.5. The Morgan fingerprint density at radius 2 is 1.85 bits per heavy atom. The third-order valence-corrected chi connectivity index (χ3v) is 2.97. The molecule has 2 aromatic rings. The van der Waals surface area contributed by atoms with Crippen LogP contribution in [0, 0.1) is 0 Å². The summed E-state index contributed by atoms with van der Waals surface area (Å²) in [4.78, 5) is 6.12. The van der Waals surface area contributed by atoms with Crippen LogP contribution >= 0.6 is 0 Å². The molecular formula is C14H16N4O2. The first-order chi connectivity index (χ1) is 9.65. The number of rotatable bonds is 4. The maximum Gasteiger partial charge on any atom is 0.188 e. The van der Waals surface area contributed by atoms with Gasteiger partial charge in [0.15, 0.2) is 5.84 Å². The van der Waals surface area contributed by atoms with Gasteiger partial charge in [-0.3, -0.25) is 4.98 Å². The van der Waals surface area contributed by atoms with Gasteiger partial charge in [0.05, 0.1) is 19.0 Å². The fourth-order valence-electron chi connectivity index (χ4n) is 1.74. The van der Waals surface area contributed by atoms with E-state index in [9.17, 15) is 0 Å². The Kier molecular flexibility index (Phi) is 4.05. The highest BCUT2D eigenvalue weighted by atomic mass is 16.5. The molecular weight excluding hydrogens is 256 g/mol. The van der Waals surface area contributed by atoms with E-state index in [0.717, 1.165) is 17.1 Å². The van der Waals surface area contributed by atoms with Crippen molar-refractivity contribution >= 4 is 17.2 Å². The molecule has 0 saturated heterocycles. The molecule has 0 radical (unpaired) electrons.